The third-order valence-corrected chi connectivity index (χ3v) is 4.69. The van der Waals surface area contributed by atoms with Gasteiger partial charge in [-0.1, -0.05) is 30.3 Å². The minimum absolute atomic E-state index is 0.213. The first-order chi connectivity index (χ1) is 10.8. The maximum atomic E-state index is 5.97. The Labute approximate surface area is 131 Å². The van der Waals surface area contributed by atoms with E-state index in [-0.39, 0.29) is 6.04 Å². The van der Waals surface area contributed by atoms with E-state index in [0.717, 1.165) is 11.4 Å². The topological polar surface area (TPSA) is 24.5 Å². The van der Waals surface area contributed by atoms with E-state index in [0.29, 0.717) is 6.61 Å². The first kappa shape index (κ1) is 13.5. The van der Waals surface area contributed by atoms with Crippen LogP contribution in [0.3, 0.4) is 0 Å². The Morgan fingerprint density at radius 2 is 1.86 bits per heavy atom. The second kappa shape index (κ2) is 5.56. The Kier molecular flexibility index (Phi) is 3.41. The highest BCUT2D eigenvalue weighted by Crippen LogP contribution is 2.38. The molecule has 114 valence electrons. The molecular formula is C19H22N2O. The van der Waals surface area contributed by atoms with Crippen molar-refractivity contribution in [1.82, 2.24) is 0 Å². The Morgan fingerprint density at radius 1 is 1.05 bits per heavy atom. The van der Waals surface area contributed by atoms with Gasteiger partial charge in [-0.3, -0.25) is 0 Å². The molecule has 2 aliphatic rings. The first-order valence-corrected chi connectivity index (χ1v) is 8.16. The van der Waals surface area contributed by atoms with Crippen molar-refractivity contribution in [3.05, 3.63) is 53.6 Å². The SMILES string of the molecule is Cc1cccc(C2COc3ccccc3N2)c1N1CCCC1. The number of anilines is 2. The third-order valence-electron chi connectivity index (χ3n) is 4.69. The van der Waals surface area contributed by atoms with E-state index in [1.807, 2.05) is 12.1 Å². The standard InChI is InChI=1S/C19H22N2O/c1-14-7-6-8-15(19(14)21-11-4-5-12-21)17-13-22-18-10-3-2-9-16(18)20-17/h2-3,6-10,17,20H,4-5,11-13H2,1H3. The Bertz CT molecular complexity index is 677. The number of fused-ring (bicyclic) bond motifs is 1. The molecule has 4 rings (SSSR count). The van der Waals surface area contributed by atoms with Gasteiger partial charge in [0.2, 0.25) is 0 Å². The molecule has 22 heavy (non-hydrogen) atoms. The van der Waals surface area contributed by atoms with Crippen molar-refractivity contribution in [2.75, 3.05) is 29.9 Å². The Balaban J connectivity index is 1.70. The molecule has 1 fully saturated rings. The fourth-order valence-corrected chi connectivity index (χ4v) is 3.62. The molecular weight excluding hydrogens is 272 g/mol. The zero-order valence-electron chi connectivity index (χ0n) is 13.0. The Hall–Kier alpha value is -2.16. The van der Waals surface area contributed by atoms with Crippen molar-refractivity contribution in [2.24, 2.45) is 0 Å². The lowest BCUT2D eigenvalue weighted by molar-refractivity contribution is 0.286. The summed E-state index contributed by atoms with van der Waals surface area (Å²) in [5.41, 5.74) is 5.21. The van der Waals surface area contributed by atoms with E-state index in [9.17, 15) is 0 Å². The maximum Gasteiger partial charge on any atom is 0.142 e. The smallest absolute Gasteiger partial charge is 0.142 e. The van der Waals surface area contributed by atoms with Gasteiger partial charge in [-0.2, -0.15) is 0 Å². The molecule has 1 saturated heterocycles. The van der Waals surface area contributed by atoms with E-state index < -0.39 is 0 Å². The summed E-state index contributed by atoms with van der Waals surface area (Å²) in [5, 5.41) is 3.65. The minimum Gasteiger partial charge on any atom is -0.489 e. The van der Waals surface area contributed by atoms with Gasteiger partial charge >= 0.3 is 0 Å². The summed E-state index contributed by atoms with van der Waals surface area (Å²) in [6.45, 7) is 5.24. The number of para-hydroxylation sites is 3. The highest BCUT2D eigenvalue weighted by Gasteiger charge is 2.26. The fourth-order valence-electron chi connectivity index (χ4n) is 3.62. The van der Waals surface area contributed by atoms with Gasteiger partial charge < -0.3 is 15.0 Å². The molecule has 3 heteroatoms. The van der Waals surface area contributed by atoms with Gasteiger partial charge in [-0.15, -0.1) is 0 Å². The van der Waals surface area contributed by atoms with Crippen molar-refractivity contribution in [2.45, 2.75) is 25.8 Å². The first-order valence-electron chi connectivity index (χ1n) is 8.16. The van der Waals surface area contributed by atoms with E-state index in [2.05, 4.69) is 47.5 Å². The molecule has 1 unspecified atom stereocenters. The second-order valence-electron chi connectivity index (χ2n) is 6.21. The number of nitrogens with one attached hydrogen (secondary N) is 1. The molecule has 0 bridgehead atoms. The number of ether oxygens (including phenoxy) is 1. The highest BCUT2D eigenvalue weighted by molar-refractivity contribution is 5.65. The van der Waals surface area contributed by atoms with Crippen LogP contribution in [0.4, 0.5) is 11.4 Å². The van der Waals surface area contributed by atoms with Crippen LogP contribution < -0.4 is 15.0 Å². The van der Waals surface area contributed by atoms with Crippen molar-refractivity contribution < 1.29 is 4.74 Å². The molecule has 3 nitrogen and oxygen atoms in total. The molecule has 0 aromatic heterocycles. The minimum atomic E-state index is 0.213. The van der Waals surface area contributed by atoms with Crippen LogP contribution in [-0.2, 0) is 0 Å². The number of hydrogen-bond donors (Lipinski definition) is 1. The van der Waals surface area contributed by atoms with Crippen LogP contribution in [0, 0.1) is 6.92 Å². The summed E-state index contributed by atoms with van der Waals surface area (Å²) in [5.74, 6) is 0.953. The van der Waals surface area contributed by atoms with Crippen molar-refractivity contribution in [3.63, 3.8) is 0 Å². The zero-order valence-corrected chi connectivity index (χ0v) is 13.0. The summed E-state index contributed by atoms with van der Waals surface area (Å²) in [7, 11) is 0. The lowest BCUT2D eigenvalue weighted by Gasteiger charge is -2.32. The van der Waals surface area contributed by atoms with Crippen molar-refractivity contribution in [3.8, 4) is 5.75 Å². The highest BCUT2D eigenvalue weighted by atomic mass is 16.5. The van der Waals surface area contributed by atoms with Gasteiger partial charge in [0, 0.05) is 24.3 Å². The fraction of sp³-hybridized carbons (Fsp3) is 0.368. The number of benzene rings is 2. The van der Waals surface area contributed by atoms with Gasteiger partial charge in [0.1, 0.15) is 12.4 Å². The van der Waals surface area contributed by atoms with Gasteiger partial charge in [-0.25, -0.2) is 0 Å². The summed E-state index contributed by atoms with van der Waals surface area (Å²) in [6, 6.07) is 15.0. The molecule has 2 aliphatic heterocycles. The third kappa shape index (κ3) is 2.31. The van der Waals surface area contributed by atoms with Crippen LogP contribution in [0.25, 0.3) is 0 Å². The average molecular weight is 294 g/mol. The lowest BCUT2D eigenvalue weighted by Crippen LogP contribution is -2.28. The van der Waals surface area contributed by atoms with Crippen LogP contribution in [0.2, 0.25) is 0 Å². The van der Waals surface area contributed by atoms with E-state index in [1.54, 1.807) is 0 Å². The van der Waals surface area contributed by atoms with Crippen molar-refractivity contribution in [1.29, 1.82) is 0 Å². The van der Waals surface area contributed by atoms with Gasteiger partial charge in [0.05, 0.1) is 11.7 Å². The number of rotatable bonds is 2. The van der Waals surface area contributed by atoms with Crippen LogP contribution in [0.1, 0.15) is 30.0 Å². The molecule has 0 saturated carbocycles. The maximum absolute atomic E-state index is 5.97. The van der Waals surface area contributed by atoms with Crippen LogP contribution >= 0.6 is 0 Å². The van der Waals surface area contributed by atoms with Gasteiger partial charge in [0.25, 0.3) is 0 Å². The van der Waals surface area contributed by atoms with E-state index in [1.165, 1.54) is 42.7 Å². The molecule has 0 amide bonds. The van der Waals surface area contributed by atoms with Crippen LogP contribution in [-0.4, -0.2) is 19.7 Å². The summed E-state index contributed by atoms with van der Waals surface area (Å²) in [4.78, 5) is 2.53. The molecule has 0 spiro atoms. The predicted molar refractivity (Wildman–Crippen MR) is 90.9 cm³/mol. The van der Waals surface area contributed by atoms with E-state index >= 15 is 0 Å². The summed E-state index contributed by atoms with van der Waals surface area (Å²) in [6.07, 6.45) is 2.59. The number of hydrogen-bond acceptors (Lipinski definition) is 3. The quantitative estimate of drug-likeness (QED) is 0.901. The van der Waals surface area contributed by atoms with Gasteiger partial charge in [-0.05, 0) is 37.5 Å². The normalized spacial score (nSPS) is 20.2. The van der Waals surface area contributed by atoms with E-state index in [4.69, 9.17) is 4.74 Å². The largest absolute Gasteiger partial charge is 0.489 e. The zero-order chi connectivity index (χ0) is 14.9. The van der Waals surface area contributed by atoms with Gasteiger partial charge in [0.15, 0.2) is 0 Å². The number of nitrogens with zero attached hydrogens (tertiary/aromatic N) is 1. The predicted octanol–water partition coefficient (Wildman–Crippen LogP) is 4.14. The van der Waals surface area contributed by atoms with Crippen LogP contribution in [0.5, 0.6) is 5.75 Å². The monoisotopic (exact) mass is 294 g/mol. The molecule has 2 aromatic carbocycles. The molecule has 1 atom stereocenters. The Morgan fingerprint density at radius 3 is 2.73 bits per heavy atom. The summed E-state index contributed by atoms with van der Waals surface area (Å²) >= 11 is 0. The average Bonchev–Trinajstić information content (AvgIpc) is 3.08. The molecule has 2 heterocycles. The lowest BCUT2D eigenvalue weighted by atomic mass is 9.99. The molecule has 1 N–H and O–H groups in total. The van der Waals surface area contributed by atoms with Crippen molar-refractivity contribution >= 4 is 11.4 Å². The number of aryl methyl sites for hydroxylation is 1. The molecule has 0 radical (unpaired) electrons. The molecule has 0 aliphatic carbocycles. The molecule has 2 aromatic rings. The van der Waals surface area contributed by atoms with Crippen LogP contribution in [0.15, 0.2) is 42.5 Å². The summed E-state index contributed by atoms with van der Waals surface area (Å²) < 4.78 is 5.97. The second-order valence-corrected chi connectivity index (χ2v) is 6.21.